The molecule has 1 rings (SSSR count). The number of hydrogen-bond donors (Lipinski definition) is 1. The lowest BCUT2D eigenvalue weighted by molar-refractivity contribution is -0.117. The van der Waals surface area contributed by atoms with Crippen LogP contribution in [0.15, 0.2) is 6.20 Å². The van der Waals surface area contributed by atoms with Crippen molar-refractivity contribution in [2.24, 2.45) is 12.8 Å². The average molecular weight is 157 g/mol. The molecule has 0 aliphatic heterocycles. The van der Waals surface area contributed by atoms with Crippen LogP contribution in [-0.4, -0.2) is 15.7 Å². The summed E-state index contributed by atoms with van der Waals surface area (Å²) in [6.45, 7) is 0. The first kappa shape index (κ1) is 7.71. The Kier molecular flexibility index (Phi) is 1.89. The molecule has 0 saturated carbocycles. The van der Waals surface area contributed by atoms with Crippen LogP contribution in [0.1, 0.15) is 5.56 Å². The highest BCUT2D eigenvalue weighted by atomic mass is 19.1. The summed E-state index contributed by atoms with van der Waals surface area (Å²) >= 11 is 0. The van der Waals surface area contributed by atoms with Gasteiger partial charge in [0.15, 0.2) is 0 Å². The van der Waals surface area contributed by atoms with Gasteiger partial charge in [-0.25, -0.2) is 0 Å². The summed E-state index contributed by atoms with van der Waals surface area (Å²) in [5, 5.41) is 3.41. The second kappa shape index (κ2) is 2.69. The van der Waals surface area contributed by atoms with Crippen molar-refractivity contribution in [2.45, 2.75) is 6.42 Å². The Balaban J connectivity index is 2.85. The second-order valence-electron chi connectivity index (χ2n) is 2.26. The second-order valence-corrected chi connectivity index (χ2v) is 2.26. The Morgan fingerprint density at radius 2 is 2.55 bits per heavy atom. The lowest BCUT2D eigenvalue weighted by Gasteiger charge is -1.88. The number of rotatable bonds is 2. The predicted molar refractivity (Wildman–Crippen MR) is 36.1 cm³/mol. The normalized spacial score (nSPS) is 10.0. The molecule has 11 heavy (non-hydrogen) atoms. The summed E-state index contributed by atoms with van der Waals surface area (Å²) in [7, 11) is 1.58. The summed E-state index contributed by atoms with van der Waals surface area (Å²) in [5.41, 5.74) is 5.10. The minimum atomic E-state index is -0.633. The van der Waals surface area contributed by atoms with Crippen LogP contribution in [0.3, 0.4) is 0 Å². The van der Waals surface area contributed by atoms with Gasteiger partial charge >= 0.3 is 0 Å². The SMILES string of the molecule is Cn1cc(CC(N)=O)c(F)n1. The summed E-state index contributed by atoms with van der Waals surface area (Å²) in [5.74, 6) is -1.19. The molecule has 0 aliphatic carbocycles. The van der Waals surface area contributed by atoms with E-state index >= 15 is 0 Å². The van der Waals surface area contributed by atoms with Crippen LogP contribution in [0.25, 0.3) is 0 Å². The summed E-state index contributed by atoms with van der Waals surface area (Å²) in [4.78, 5) is 10.3. The number of aromatic nitrogens is 2. The number of carbonyl (C=O) groups excluding carboxylic acids is 1. The van der Waals surface area contributed by atoms with Crippen molar-refractivity contribution in [2.75, 3.05) is 0 Å². The summed E-state index contributed by atoms with van der Waals surface area (Å²) in [6, 6.07) is 0. The molecule has 0 bridgehead atoms. The summed E-state index contributed by atoms with van der Waals surface area (Å²) in [6.07, 6.45) is 1.33. The zero-order valence-electron chi connectivity index (χ0n) is 6.04. The maximum absolute atomic E-state index is 12.6. The lowest BCUT2D eigenvalue weighted by atomic mass is 10.2. The van der Waals surface area contributed by atoms with Gasteiger partial charge in [0, 0.05) is 18.8 Å². The molecule has 4 nitrogen and oxygen atoms in total. The van der Waals surface area contributed by atoms with Crippen LogP contribution in [-0.2, 0) is 18.3 Å². The first-order valence-corrected chi connectivity index (χ1v) is 3.06. The fourth-order valence-corrected chi connectivity index (χ4v) is 0.817. The zero-order valence-corrected chi connectivity index (χ0v) is 6.04. The minimum Gasteiger partial charge on any atom is -0.369 e. The maximum Gasteiger partial charge on any atom is 0.236 e. The van der Waals surface area contributed by atoms with Gasteiger partial charge in [0.1, 0.15) is 0 Å². The highest BCUT2D eigenvalue weighted by Gasteiger charge is 2.08. The maximum atomic E-state index is 12.6. The number of aryl methyl sites for hydroxylation is 1. The average Bonchev–Trinajstić information content (AvgIpc) is 2.09. The van der Waals surface area contributed by atoms with E-state index in [0.29, 0.717) is 0 Å². The third-order valence-corrected chi connectivity index (χ3v) is 1.22. The molecule has 0 radical (unpaired) electrons. The van der Waals surface area contributed by atoms with E-state index in [4.69, 9.17) is 5.73 Å². The van der Waals surface area contributed by atoms with Crippen LogP contribution in [0.2, 0.25) is 0 Å². The van der Waals surface area contributed by atoms with E-state index in [9.17, 15) is 9.18 Å². The van der Waals surface area contributed by atoms with Gasteiger partial charge in [0.05, 0.1) is 6.42 Å². The minimum absolute atomic E-state index is 0.0975. The van der Waals surface area contributed by atoms with Crippen molar-refractivity contribution in [3.63, 3.8) is 0 Å². The van der Waals surface area contributed by atoms with Gasteiger partial charge in [0.2, 0.25) is 11.9 Å². The van der Waals surface area contributed by atoms with Gasteiger partial charge in [0.25, 0.3) is 0 Å². The molecule has 0 unspecified atom stereocenters. The van der Waals surface area contributed by atoms with E-state index in [-0.39, 0.29) is 12.0 Å². The fraction of sp³-hybridized carbons (Fsp3) is 0.333. The molecule has 5 heteroatoms. The molecular formula is C6H8FN3O. The molecular weight excluding hydrogens is 149 g/mol. The molecule has 2 N–H and O–H groups in total. The molecule has 0 spiro atoms. The van der Waals surface area contributed by atoms with Gasteiger partial charge in [-0.1, -0.05) is 0 Å². The number of halogens is 1. The Bertz CT molecular complexity index is 281. The van der Waals surface area contributed by atoms with Crippen LogP contribution in [0, 0.1) is 5.95 Å². The number of nitrogens with zero attached hydrogens (tertiary/aromatic N) is 2. The van der Waals surface area contributed by atoms with Gasteiger partial charge in [-0.2, -0.15) is 4.39 Å². The lowest BCUT2D eigenvalue weighted by Crippen LogP contribution is -2.13. The van der Waals surface area contributed by atoms with Crippen LogP contribution in [0.5, 0.6) is 0 Å². The molecule has 0 aliphatic rings. The van der Waals surface area contributed by atoms with E-state index < -0.39 is 11.9 Å². The first-order chi connectivity index (χ1) is 5.09. The Morgan fingerprint density at radius 1 is 1.91 bits per heavy atom. The number of hydrogen-bond acceptors (Lipinski definition) is 2. The summed E-state index contributed by atoms with van der Waals surface area (Å²) < 4.78 is 13.9. The molecule has 0 saturated heterocycles. The van der Waals surface area contributed by atoms with Gasteiger partial charge in [-0.15, -0.1) is 5.10 Å². The van der Waals surface area contributed by atoms with Gasteiger partial charge < -0.3 is 5.73 Å². The number of primary amides is 1. The van der Waals surface area contributed by atoms with Gasteiger partial charge in [-0.3, -0.25) is 9.48 Å². The van der Waals surface area contributed by atoms with Crippen molar-refractivity contribution in [3.05, 3.63) is 17.7 Å². The predicted octanol–water partition coefficient (Wildman–Crippen LogP) is -0.413. The number of amides is 1. The smallest absolute Gasteiger partial charge is 0.236 e. The van der Waals surface area contributed by atoms with Crippen molar-refractivity contribution < 1.29 is 9.18 Å². The van der Waals surface area contributed by atoms with E-state index in [0.717, 1.165) is 0 Å². The van der Waals surface area contributed by atoms with Crippen LogP contribution >= 0.6 is 0 Å². The first-order valence-electron chi connectivity index (χ1n) is 3.06. The highest BCUT2D eigenvalue weighted by molar-refractivity contribution is 5.76. The Morgan fingerprint density at radius 3 is 2.91 bits per heavy atom. The molecule has 1 aromatic rings. The van der Waals surface area contributed by atoms with Crippen molar-refractivity contribution in [1.82, 2.24) is 9.78 Å². The van der Waals surface area contributed by atoms with Gasteiger partial charge in [-0.05, 0) is 0 Å². The van der Waals surface area contributed by atoms with Crippen molar-refractivity contribution in [1.29, 1.82) is 0 Å². The Labute approximate surface area is 62.8 Å². The standard InChI is InChI=1S/C6H8FN3O/c1-10-3-4(2-5(8)11)6(7)9-10/h3H,2H2,1H3,(H2,8,11). The molecule has 60 valence electrons. The van der Waals surface area contributed by atoms with Crippen molar-refractivity contribution in [3.8, 4) is 0 Å². The monoisotopic (exact) mass is 157 g/mol. The van der Waals surface area contributed by atoms with E-state index in [2.05, 4.69) is 5.10 Å². The molecule has 1 heterocycles. The van der Waals surface area contributed by atoms with Crippen LogP contribution in [0.4, 0.5) is 4.39 Å². The molecule has 0 fully saturated rings. The highest BCUT2D eigenvalue weighted by Crippen LogP contribution is 2.03. The topological polar surface area (TPSA) is 60.9 Å². The molecule has 0 aromatic carbocycles. The number of carbonyl (C=O) groups is 1. The quantitative estimate of drug-likeness (QED) is 0.634. The third kappa shape index (κ3) is 1.76. The largest absolute Gasteiger partial charge is 0.369 e. The third-order valence-electron chi connectivity index (χ3n) is 1.22. The molecule has 0 atom stereocenters. The van der Waals surface area contributed by atoms with E-state index in [1.807, 2.05) is 0 Å². The van der Waals surface area contributed by atoms with Crippen LogP contribution < -0.4 is 5.73 Å². The molecule has 1 aromatic heterocycles. The number of nitrogens with two attached hydrogens (primary N) is 1. The zero-order chi connectivity index (χ0) is 8.43. The van der Waals surface area contributed by atoms with Crippen molar-refractivity contribution >= 4 is 5.91 Å². The fourth-order valence-electron chi connectivity index (χ4n) is 0.817. The molecule has 1 amide bonds. The van der Waals surface area contributed by atoms with E-state index in [1.54, 1.807) is 7.05 Å². The Hall–Kier alpha value is -1.39. The van der Waals surface area contributed by atoms with E-state index in [1.165, 1.54) is 10.9 Å².